The maximum atomic E-state index is 5.99. The van der Waals surface area contributed by atoms with Gasteiger partial charge < -0.3 is 33.4 Å². The van der Waals surface area contributed by atoms with Crippen molar-refractivity contribution in [3.05, 3.63) is 78.4 Å². The van der Waals surface area contributed by atoms with Crippen LogP contribution < -0.4 is 28.4 Å². The Bertz CT molecular complexity index is 1670. The molecule has 1 aromatic heterocycles. The second-order valence-electron chi connectivity index (χ2n) is 9.01. The molecule has 0 fully saturated rings. The lowest BCUT2D eigenvalue weighted by Crippen LogP contribution is -2.00. The van der Waals surface area contributed by atoms with E-state index >= 15 is 0 Å². The van der Waals surface area contributed by atoms with Gasteiger partial charge in [-0.1, -0.05) is 60.7 Å². The quantitative estimate of drug-likeness (QED) is 0.183. The maximum Gasteiger partial charge on any atom is 0.204 e. The Morgan fingerprint density at radius 2 is 1.12 bits per heavy atom. The average Bonchev–Trinajstić information content (AvgIpc) is 3.43. The molecule has 4 aromatic carbocycles. The molecule has 0 aliphatic heterocycles. The standard InChI is InChI=1S/C33H32N2O6/c1-36-24-17-22(18-25(37-2)31(24)39-4)34-19-23-29-27(32(40-5)33(41-6)30(23)38-3)26(20-13-9-7-10-14-20)28(35-29)21-15-11-8-12-16-21/h7-19,35H,1-6H3. The number of aromatic amines is 1. The van der Waals surface area contributed by atoms with Crippen molar-refractivity contribution in [1.82, 2.24) is 4.98 Å². The summed E-state index contributed by atoms with van der Waals surface area (Å²) in [5.41, 5.74) is 6.03. The van der Waals surface area contributed by atoms with Crippen LogP contribution in [0.3, 0.4) is 0 Å². The lowest BCUT2D eigenvalue weighted by molar-refractivity contribution is 0.324. The third kappa shape index (κ3) is 4.89. The minimum atomic E-state index is 0.463. The molecular formula is C33H32N2O6. The summed E-state index contributed by atoms with van der Waals surface area (Å²) in [6.45, 7) is 0. The molecule has 0 saturated carbocycles. The Balaban J connectivity index is 1.85. The number of hydrogen-bond donors (Lipinski definition) is 1. The van der Waals surface area contributed by atoms with Crippen molar-refractivity contribution in [3.63, 3.8) is 0 Å². The van der Waals surface area contributed by atoms with Crippen molar-refractivity contribution >= 4 is 22.8 Å². The minimum absolute atomic E-state index is 0.463. The van der Waals surface area contributed by atoms with E-state index in [1.807, 2.05) is 36.4 Å². The predicted octanol–water partition coefficient (Wildman–Crippen LogP) is 7.30. The van der Waals surface area contributed by atoms with Gasteiger partial charge in [-0.05, 0) is 11.1 Å². The molecular weight excluding hydrogens is 520 g/mol. The fraction of sp³-hybridized carbons (Fsp3) is 0.182. The number of methoxy groups -OCH3 is 6. The zero-order valence-electron chi connectivity index (χ0n) is 23.9. The van der Waals surface area contributed by atoms with Gasteiger partial charge in [-0.3, -0.25) is 4.99 Å². The molecule has 0 unspecified atom stereocenters. The van der Waals surface area contributed by atoms with Gasteiger partial charge in [0.05, 0.1) is 70.5 Å². The first kappa shape index (κ1) is 27.5. The molecule has 0 spiro atoms. The number of nitrogens with one attached hydrogen (secondary N) is 1. The first-order chi connectivity index (χ1) is 20.1. The molecule has 5 aromatic rings. The predicted molar refractivity (Wildman–Crippen MR) is 162 cm³/mol. The normalized spacial score (nSPS) is 11.1. The molecule has 41 heavy (non-hydrogen) atoms. The van der Waals surface area contributed by atoms with Gasteiger partial charge in [-0.25, -0.2) is 0 Å². The molecule has 0 bridgehead atoms. The van der Waals surface area contributed by atoms with Crippen LogP contribution in [0.1, 0.15) is 5.56 Å². The molecule has 1 heterocycles. The number of aliphatic imine (C=N–C) groups is 1. The van der Waals surface area contributed by atoms with E-state index in [1.54, 1.807) is 61.0 Å². The summed E-state index contributed by atoms with van der Waals surface area (Å²) >= 11 is 0. The molecule has 8 nitrogen and oxygen atoms in total. The van der Waals surface area contributed by atoms with Gasteiger partial charge in [0.15, 0.2) is 23.0 Å². The van der Waals surface area contributed by atoms with Crippen molar-refractivity contribution in [2.75, 3.05) is 42.7 Å². The lowest BCUT2D eigenvalue weighted by Gasteiger charge is -2.17. The van der Waals surface area contributed by atoms with Crippen LogP contribution in [-0.2, 0) is 0 Å². The number of nitrogens with zero attached hydrogens (tertiary/aromatic N) is 1. The first-order valence-electron chi connectivity index (χ1n) is 12.9. The Morgan fingerprint density at radius 1 is 0.585 bits per heavy atom. The number of aromatic nitrogens is 1. The topological polar surface area (TPSA) is 83.5 Å². The third-order valence-corrected chi connectivity index (χ3v) is 6.88. The zero-order chi connectivity index (χ0) is 28.9. The lowest BCUT2D eigenvalue weighted by atomic mass is 9.96. The van der Waals surface area contributed by atoms with Crippen LogP contribution in [-0.4, -0.2) is 53.9 Å². The number of hydrogen-bond acceptors (Lipinski definition) is 7. The van der Waals surface area contributed by atoms with E-state index in [4.69, 9.17) is 33.4 Å². The van der Waals surface area contributed by atoms with E-state index in [-0.39, 0.29) is 0 Å². The summed E-state index contributed by atoms with van der Waals surface area (Å²) in [5.74, 6) is 2.99. The molecule has 8 heteroatoms. The molecule has 0 saturated heterocycles. The number of ether oxygens (including phenoxy) is 6. The van der Waals surface area contributed by atoms with Crippen LogP contribution >= 0.6 is 0 Å². The number of rotatable bonds is 10. The van der Waals surface area contributed by atoms with Crippen LogP contribution in [0.25, 0.3) is 33.3 Å². The Hall–Kier alpha value is -5.11. The average molecular weight is 553 g/mol. The highest BCUT2D eigenvalue weighted by atomic mass is 16.5. The van der Waals surface area contributed by atoms with Crippen LogP contribution in [0.15, 0.2) is 77.8 Å². The second kappa shape index (κ2) is 12.0. The highest BCUT2D eigenvalue weighted by molar-refractivity contribution is 6.15. The van der Waals surface area contributed by atoms with E-state index in [9.17, 15) is 0 Å². The van der Waals surface area contributed by atoms with Crippen molar-refractivity contribution in [2.45, 2.75) is 0 Å². The molecule has 0 aliphatic rings. The van der Waals surface area contributed by atoms with E-state index in [2.05, 4.69) is 29.2 Å². The SMILES string of the molecule is COc1cc(N=Cc2c(OC)c(OC)c(OC)c3c(-c4ccccc4)c(-c4ccccc4)[nH]c23)cc(OC)c1OC. The van der Waals surface area contributed by atoms with Gasteiger partial charge in [0, 0.05) is 23.9 Å². The monoisotopic (exact) mass is 552 g/mol. The molecule has 0 atom stereocenters. The fourth-order valence-corrected chi connectivity index (χ4v) is 5.08. The highest BCUT2D eigenvalue weighted by Crippen LogP contribution is 2.52. The van der Waals surface area contributed by atoms with Gasteiger partial charge in [0.2, 0.25) is 11.5 Å². The van der Waals surface area contributed by atoms with Gasteiger partial charge in [0.25, 0.3) is 0 Å². The largest absolute Gasteiger partial charge is 0.493 e. The van der Waals surface area contributed by atoms with Crippen LogP contribution in [0.4, 0.5) is 5.69 Å². The van der Waals surface area contributed by atoms with Gasteiger partial charge >= 0.3 is 0 Å². The molecule has 210 valence electrons. The maximum absolute atomic E-state index is 5.99. The van der Waals surface area contributed by atoms with Crippen molar-refractivity contribution < 1.29 is 28.4 Å². The fourth-order valence-electron chi connectivity index (χ4n) is 5.08. The third-order valence-electron chi connectivity index (χ3n) is 6.88. The molecule has 0 amide bonds. The van der Waals surface area contributed by atoms with Crippen molar-refractivity contribution in [2.24, 2.45) is 4.99 Å². The van der Waals surface area contributed by atoms with E-state index in [1.165, 1.54) is 0 Å². The second-order valence-corrected chi connectivity index (χ2v) is 9.01. The van der Waals surface area contributed by atoms with Crippen LogP contribution in [0, 0.1) is 0 Å². The summed E-state index contributed by atoms with van der Waals surface area (Å²) < 4.78 is 34.3. The molecule has 5 rings (SSSR count). The van der Waals surface area contributed by atoms with E-state index in [0.29, 0.717) is 45.7 Å². The summed E-state index contributed by atoms with van der Waals surface area (Å²) in [6, 6.07) is 23.9. The highest BCUT2D eigenvalue weighted by Gasteiger charge is 2.28. The molecule has 0 radical (unpaired) electrons. The van der Waals surface area contributed by atoms with Gasteiger partial charge in [-0.15, -0.1) is 0 Å². The van der Waals surface area contributed by atoms with Crippen LogP contribution in [0.2, 0.25) is 0 Å². The van der Waals surface area contributed by atoms with Crippen LogP contribution in [0.5, 0.6) is 34.5 Å². The Labute approximate surface area is 239 Å². The van der Waals surface area contributed by atoms with Gasteiger partial charge in [0.1, 0.15) is 0 Å². The van der Waals surface area contributed by atoms with Crippen molar-refractivity contribution in [1.29, 1.82) is 0 Å². The summed E-state index contributed by atoms with van der Waals surface area (Å²) in [6.07, 6.45) is 1.74. The summed E-state index contributed by atoms with van der Waals surface area (Å²) in [4.78, 5) is 8.48. The number of H-pyrrole nitrogens is 1. The minimum Gasteiger partial charge on any atom is -0.493 e. The Morgan fingerprint density at radius 3 is 1.63 bits per heavy atom. The van der Waals surface area contributed by atoms with E-state index < -0.39 is 0 Å². The zero-order valence-corrected chi connectivity index (χ0v) is 23.9. The smallest absolute Gasteiger partial charge is 0.204 e. The molecule has 1 N–H and O–H groups in total. The van der Waals surface area contributed by atoms with E-state index in [0.717, 1.165) is 33.3 Å². The summed E-state index contributed by atoms with van der Waals surface area (Å²) in [7, 11) is 9.53. The summed E-state index contributed by atoms with van der Waals surface area (Å²) in [5, 5.41) is 0.849. The Kier molecular flexibility index (Phi) is 8.01. The first-order valence-corrected chi connectivity index (χ1v) is 12.9. The number of fused-ring (bicyclic) bond motifs is 1. The van der Waals surface area contributed by atoms with Crippen molar-refractivity contribution in [3.8, 4) is 56.9 Å². The molecule has 0 aliphatic carbocycles. The number of benzene rings is 4. The van der Waals surface area contributed by atoms with Gasteiger partial charge in [-0.2, -0.15) is 0 Å².